The predicted molar refractivity (Wildman–Crippen MR) is 78.2 cm³/mol. The van der Waals surface area contributed by atoms with Crippen molar-refractivity contribution in [3.63, 3.8) is 0 Å². The second-order valence-electron chi connectivity index (χ2n) is 5.21. The van der Waals surface area contributed by atoms with Crippen LogP contribution >= 0.6 is 0 Å². The minimum atomic E-state index is -0.385. The maximum atomic E-state index is 11.3. The Morgan fingerprint density at radius 3 is 2.50 bits per heavy atom. The number of anilines is 2. The fourth-order valence-electron chi connectivity index (χ4n) is 2.76. The Kier molecular flexibility index (Phi) is 4.36. The van der Waals surface area contributed by atoms with Gasteiger partial charge in [-0.15, -0.1) is 0 Å². The van der Waals surface area contributed by atoms with E-state index in [1.54, 1.807) is 14.0 Å². The van der Waals surface area contributed by atoms with Gasteiger partial charge in [0.1, 0.15) is 5.69 Å². The maximum Gasteiger partial charge on any atom is 0.332 e. The second-order valence-corrected chi connectivity index (χ2v) is 5.21. The van der Waals surface area contributed by atoms with Gasteiger partial charge in [0.15, 0.2) is 0 Å². The fraction of sp³-hybridized carbons (Fsp3) is 0.692. The van der Waals surface area contributed by atoms with Gasteiger partial charge in [-0.1, -0.05) is 19.3 Å². The number of rotatable bonds is 4. The number of aromatic nitrogens is 2. The van der Waals surface area contributed by atoms with Crippen molar-refractivity contribution >= 4 is 17.5 Å². The molecule has 0 radical (unpaired) electrons. The van der Waals surface area contributed by atoms with Gasteiger partial charge in [-0.3, -0.25) is 10.1 Å². The van der Waals surface area contributed by atoms with Gasteiger partial charge in [-0.25, -0.2) is 4.98 Å². The molecule has 0 aliphatic heterocycles. The molecule has 0 saturated heterocycles. The summed E-state index contributed by atoms with van der Waals surface area (Å²) < 4.78 is 0. The Balaban J connectivity index is 2.41. The summed E-state index contributed by atoms with van der Waals surface area (Å²) in [6.07, 6.45) is 5.71. The molecule has 0 spiro atoms. The summed E-state index contributed by atoms with van der Waals surface area (Å²) >= 11 is 0. The summed E-state index contributed by atoms with van der Waals surface area (Å²) in [5, 5.41) is 14.2. The number of nitro groups is 1. The molecule has 110 valence electrons. The molecule has 2 rings (SSSR count). The SMILES string of the molecule is CNc1nc(C)c([N+](=O)[O-])c(N(C)C2CCCCC2)n1. The van der Waals surface area contributed by atoms with Gasteiger partial charge in [-0.2, -0.15) is 4.98 Å². The third-order valence-corrected chi connectivity index (χ3v) is 3.90. The van der Waals surface area contributed by atoms with E-state index < -0.39 is 0 Å². The molecule has 0 amide bonds. The topological polar surface area (TPSA) is 84.2 Å². The molecule has 0 bridgehead atoms. The van der Waals surface area contributed by atoms with Crippen molar-refractivity contribution in [2.75, 3.05) is 24.3 Å². The molecule has 1 aromatic rings. The van der Waals surface area contributed by atoms with Crippen molar-refractivity contribution in [1.29, 1.82) is 0 Å². The van der Waals surface area contributed by atoms with Crippen LogP contribution in [-0.4, -0.2) is 35.0 Å². The van der Waals surface area contributed by atoms with Gasteiger partial charge in [0.25, 0.3) is 0 Å². The molecule has 20 heavy (non-hydrogen) atoms. The summed E-state index contributed by atoms with van der Waals surface area (Å²) in [5.41, 5.74) is 0.407. The minimum Gasteiger partial charge on any atom is -0.357 e. The largest absolute Gasteiger partial charge is 0.357 e. The molecular weight excluding hydrogens is 258 g/mol. The fourth-order valence-corrected chi connectivity index (χ4v) is 2.76. The number of nitrogens with zero attached hydrogens (tertiary/aromatic N) is 4. The van der Waals surface area contributed by atoms with Gasteiger partial charge in [0.2, 0.25) is 11.8 Å². The molecule has 1 heterocycles. The van der Waals surface area contributed by atoms with E-state index in [2.05, 4.69) is 15.3 Å². The minimum absolute atomic E-state index is 0.0112. The van der Waals surface area contributed by atoms with E-state index in [-0.39, 0.29) is 10.6 Å². The second kappa shape index (κ2) is 6.02. The molecular formula is C13H21N5O2. The van der Waals surface area contributed by atoms with E-state index in [1.165, 1.54) is 19.3 Å². The molecule has 1 aliphatic rings. The molecule has 0 unspecified atom stereocenters. The van der Waals surface area contributed by atoms with Crippen molar-refractivity contribution < 1.29 is 4.92 Å². The predicted octanol–water partition coefficient (Wildman–Crippen LogP) is 2.50. The van der Waals surface area contributed by atoms with Crippen LogP contribution < -0.4 is 10.2 Å². The van der Waals surface area contributed by atoms with E-state index in [4.69, 9.17) is 0 Å². The number of nitrogens with one attached hydrogen (secondary N) is 1. The van der Waals surface area contributed by atoms with Crippen LogP contribution in [0.15, 0.2) is 0 Å². The number of hydrogen-bond acceptors (Lipinski definition) is 6. The molecule has 0 aromatic carbocycles. The van der Waals surface area contributed by atoms with Crippen LogP contribution in [0.3, 0.4) is 0 Å². The van der Waals surface area contributed by atoms with Crippen LogP contribution in [0.5, 0.6) is 0 Å². The molecule has 1 aliphatic carbocycles. The van der Waals surface area contributed by atoms with E-state index in [9.17, 15) is 10.1 Å². The summed E-state index contributed by atoms with van der Waals surface area (Å²) in [7, 11) is 3.61. The third kappa shape index (κ3) is 2.81. The average Bonchev–Trinajstić information content (AvgIpc) is 2.46. The van der Waals surface area contributed by atoms with Crippen LogP contribution in [0, 0.1) is 17.0 Å². The number of aryl methyl sites for hydroxylation is 1. The standard InChI is InChI=1S/C13H21N5O2/c1-9-11(18(19)20)12(16-13(14-2)15-9)17(3)10-7-5-4-6-8-10/h10H,4-8H2,1-3H3,(H,14,15,16). The van der Waals surface area contributed by atoms with Crippen molar-refractivity contribution in [2.24, 2.45) is 0 Å². The van der Waals surface area contributed by atoms with E-state index >= 15 is 0 Å². The van der Waals surface area contributed by atoms with Gasteiger partial charge in [0.05, 0.1) is 4.92 Å². The smallest absolute Gasteiger partial charge is 0.332 e. The van der Waals surface area contributed by atoms with Crippen molar-refractivity contribution in [3.05, 3.63) is 15.8 Å². The van der Waals surface area contributed by atoms with Gasteiger partial charge >= 0.3 is 5.69 Å². The van der Waals surface area contributed by atoms with E-state index in [0.717, 1.165) is 12.8 Å². The Morgan fingerprint density at radius 1 is 1.30 bits per heavy atom. The lowest BCUT2D eigenvalue weighted by Crippen LogP contribution is -2.34. The quantitative estimate of drug-likeness (QED) is 0.673. The highest BCUT2D eigenvalue weighted by molar-refractivity contribution is 5.62. The molecule has 1 N–H and O–H groups in total. The lowest BCUT2D eigenvalue weighted by atomic mass is 9.94. The lowest BCUT2D eigenvalue weighted by molar-refractivity contribution is -0.385. The van der Waals surface area contributed by atoms with Crippen molar-refractivity contribution in [2.45, 2.75) is 45.1 Å². The zero-order chi connectivity index (χ0) is 14.7. The molecule has 7 heteroatoms. The first-order valence-electron chi connectivity index (χ1n) is 6.98. The number of hydrogen-bond donors (Lipinski definition) is 1. The Morgan fingerprint density at radius 2 is 1.95 bits per heavy atom. The molecule has 1 saturated carbocycles. The van der Waals surface area contributed by atoms with Crippen LogP contribution in [0.1, 0.15) is 37.8 Å². The molecule has 0 atom stereocenters. The Hall–Kier alpha value is -1.92. The van der Waals surface area contributed by atoms with Crippen LogP contribution in [-0.2, 0) is 0 Å². The Labute approximate surface area is 118 Å². The summed E-state index contributed by atoms with van der Waals surface area (Å²) in [6.45, 7) is 1.65. The first kappa shape index (κ1) is 14.5. The van der Waals surface area contributed by atoms with Gasteiger partial charge < -0.3 is 10.2 Å². The van der Waals surface area contributed by atoms with Crippen molar-refractivity contribution in [1.82, 2.24) is 9.97 Å². The highest BCUT2D eigenvalue weighted by Crippen LogP contribution is 2.33. The lowest BCUT2D eigenvalue weighted by Gasteiger charge is -2.31. The normalized spacial score (nSPS) is 15.9. The van der Waals surface area contributed by atoms with Crippen LogP contribution in [0.2, 0.25) is 0 Å². The summed E-state index contributed by atoms with van der Waals surface area (Å²) in [6, 6.07) is 0.321. The van der Waals surface area contributed by atoms with E-state index in [0.29, 0.717) is 23.5 Å². The summed E-state index contributed by atoms with van der Waals surface area (Å²) in [4.78, 5) is 21.3. The van der Waals surface area contributed by atoms with Crippen LogP contribution in [0.4, 0.5) is 17.5 Å². The highest BCUT2D eigenvalue weighted by Gasteiger charge is 2.29. The van der Waals surface area contributed by atoms with Gasteiger partial charge in [-0.05, 0) is 19.8 Å². The average molecular weight is 279 g/mol. The maximum absolute atomic E-state index is 11.3. The van der Waals surface area contributed by atoms with E-state index in [1.807, 2.05) is 11.9 Å². The molecule has 1 fully saturated rings. The first-order chi connectivity index (χ1) is 9.54. The third-order valence-electron chi connectivity index (χ3n) is 3.90. The zero-order valence-corrected chi connectivity index (χ0v) is 12.2. The summed E-state index contributed by atoms with van der Waals surface area (Å²) in [5.74, 6) is 0.838. The molecule has 7 nitrogen and oxygen atoms in total. The first-order valence-corrected chi connectivity index (χ1v) is 6.98. The monoisotopic (exact) mass is 279 g/mol. The van der Waals surface area contributed by atoms with Gasteiger partial charge in [0, 0.05) is 20.1 Å². The zero-order valence-electron chi connectivity index (χ0n) is 12.2. The van der Waals surface area contributed by atoms with Crippen molar-refractivity contribution in [3.8, 4) is 0 Å². The highest BCUT2D eigenvalue weighted by atomic mass is 16.6. The van der Waals surface area contributed by atoms with Crippen LogP contribution in [0.25, 0.3) is 0 Å². The Bertz CT molecular complexity index is 500. The molecule has 1 aromatic heterocycles.